The number of hydrogen-bond acceptors (Lipinski definition) is 6. The molecule has 1 heterocycles. The molecule has 2 atom stereocenters. The summed E-state index contributed by atoms with van der Waals surface area (Å²) in [7, 11) is 0. The fourth-order valence-electron chi connectivity index (χ4n) is 2.23. The molecule has 0 radical (unpaired) electrons. The lowest BCUT2D eigenvalue weighted by Gasteiger charge is -2.20. The van der Waals surface area contributed by atoms with Crippen LogP contribution in [0.25, 0.3) is 0 Å². The number of aliphatic hydroxyl groups excluding tert-OH is 1. The van der Waals surface area contributed by atoms with Crippen LogP contribution in [-0.2, 0) is 4.74 Å². The molecule has 0 aromatic heterocycles. The number of aliphatic hydroxyl groups is 1. The molecule has 1 aromatic carbocycles. The topological polar surface area (TPSA) is 77.4 Å². The zero-order valence-electron chi connectivity index (χ0n) is 12.6. The minimum absolute atomic E-state index is 0.110. The molecule has 1 aliphatic rings. The SMILES string of the molecule is C=C/C(=C\C)CC(O)OC(C)c1cc2c(cc1N=O)OCO2. The van der Waals surface area contributed by atoms with Gasteiger partial charge in [-0.15, -0.1) is 4.91 Å². The number of rotatable bonds is 7. The summed E-state index contributed by atoms with van der Waals surface area (Å²) in [5.41, 5.74) is 1.62. The summed E-state index contributed by atoms with van der Waals surface area (Å²) in [6, 6.07) is 3.17. The normalized spacial score (nSPS) is 16.2. The first-order valence-electron chi connectivity index (χ1n) is 6.97. The predicted molar refractivity (Wildman–Crippen MR) is 82.1 cm³/mol. The lowest BCUT2D eigenvalue weighted by molar-refractivity contribution is -0.130. The number of allylic oxidation sites excluding steroid dienone is 2. The van der Waals surface area contributed by atoms with Gasteiger partial charge < -0.3 is 19.3 Å². The first-order chi connectivity index (χ1) is 10.6. The summed E-state index contributed by atoms with van der Waals surface area (Å²) in [6.07, 6.45) is 2.29. The van der Waals surface area contributed by atoms with E-state index in [0.717, 1.165) is 5.57 Å². The van der Waals surface area contributed by atoms with Crippen molar-refractivity contribution in [3.05, 3.63) is 46.9 Å². The number of benzene rings is 1. The Morgan fingerprint density at radius 1 is 1.50 bits per heavy atom. The Labute approximate surface area is 129 Å². The highest BCUT2D eigenvalue weighted by atomic mass is 16.7. The number of nitrogens with zero attached hydrogens (tertiary/aromatic N) is 1. The molecule has 1 aromatic rings. The van der Waals surface area contributed by atoms with E-state index in [9.17, 15) is 10.0 Å². The molecule has 1 N–H and O–H groups in total. The third kappa shape index (κ3) is 3.52. The largest absolute Gasteiger partial charge is 0.454 e. The van der Waals surface area contributed by atoms with E-state index in [0.29, 0.717) is 23.5 Å². The van der Waals surface area contributed by atoms with Crippen molar-refractivity contribution in [3.8, 4) is 11.5 Å². The van der Waals surface area contributed by atoms with Crippen molar-refractivity contribution in [2.24, 2.45) is 5.18 Å². The average molecular weight is 305 g/mol. The smallest absolute Gasteiger partial charge is 0.231 e. The fourth-order valence-corrected chi connectivity index (χ4v) is 2.23. The lowest BCUT2D eigenvalue weighted by Crippen LogP contribution is -2.15. The Bertz CT molecular complexity index is 596. The Kier molecular flexibility index (Phi) is 5.30. The van der Waals surface area contributed by atoms with Crippen molar-refractivity contribution in [2.45, 2.75) is 32.7 Å². The summed E-state index contributed by atoms with van der Waals surface area (Å²) >= 11 is 0. The molecular weight excluding hydrogens is 286 g/mol. The molecule has 22 heavy (non-hydrogen) atoms. The molecule has 0 saturated heterocycles. The Morgan fingerprint density at radius 3 is 2.77 bits per heavy atom. The van der Waals surface area contributed by atoms with Gasteiger partial charge >= 0.3 is 0 Å². The van der Waals surface area contributed by atoms with E-state index in [1.54, 1.807) is 19.1 Å². The first kappa shape index (κ1) is 16.2. The van der Waals surface area contributed by atoms with Crippen LogP contribution in [0.4, 0.5) is 5.69 Å². The minimum Gasteiger partial charge on any atom is -0.454 e. The van der Waals surface area contributed by atoms with Gasteiger partial charge in [0.05, 0.1) is 6.10 Å². The van der Waals surface area contributed by atoms with Gasteiger partial charge in [0.1, 0.15) is 5.69 Å². The van der Waals surface area contributed by atoms with E-state index in [2.05, 4.69) is 11.8 Å². The summed E-state index contributed by atoms with van der Waals surface area (Å²) < 4.78 is 16.0. The molecule has 6 heteroatoms. The van der Waals surface area contributed by atoms with Crippen LogP contribution in [0, 0.1) is 4.91 Å². The van der Waals surface area contributed by atoms with Crippen molar-refractivity contribution >= 4 is 5.69 Å². The lowest BCUT2D eigenvalue weighted by atomic mass is 10.1. The number of nitroso groups, excluding NO2 is 1. The average Bonchev–Trinajstić information content (AvgIpc) is 2.98. The monoisotopic (exact) mass is 305 g/mol. The Hall–Kier alpha value is -2.18. The Balaban J connectivity index is 2.13. The van der Waals surface area contributed by atoms with Gasteiger partial charge in [-0.2, -0.15) is 0 Å². The van der Waals surface area contributed by atoms with E-state index < -0.39 is 12.4 Å². The van der Waals surface area contributed by atoms with Crippen LogP contribution in [0.2, 0.25) is 0 Å². The summed E-state index contributed by atoms with van der Waals surface area (Å²) in [5.74, 6) is 1.02. The first-order valence-corrected chi connectivity index (χ1v) is 6.97. The maximum atomic E-state index is 11.0. The molecule has 0 fully saturated rings. The van der Waals surface area contributed by atoms with Crippen LogP contribution in [0.1, 0.15) is 31.9 Å². The maximum Gasteiger partial charge on any atom is 0.231 e. The quantitative estimate of drug-likeness (QED) is 0.472. The number of fused-ring (bicyclic) bond motifs is 1. The molecule has 0 bridgehead atoms. The second-order valence-electron chi connectivity index (χ2n) is 4.86. The van der Waals surface area contributed by atoms with E-state index in [4.69, 9.17) is 14.2 Å². The van der Waals surface area contributed by atoms with Crippen molar-refractivity contribution in [1.29, 1.82) is 0 Å². The molecule has 2 rings (SSSR count). The highest BCUT2D eigenvalue weighted by Crippen LogP contribution is 2.41. The van der Waals surface area contributed by atoms with Gasteiger partial charge in [0.2, 0.25) is 6.79 Å². The minimum atomic E-state index is -1.01. The number of ether oxygens (including phenoxy) is 3. The second-order valence-corrected chi connectivity index (χ2v) is 4.86. The van der Waals surface area contributed by atoms with Crippen molar-refractivity contribution in [3.63, 3.8) is 0 Å². The highest BCUT2D eigenvalue weighted by Gasteiger charge is 2.22. The van der Waals surface area contributed by atoms with Gasteiger partial charge in [-0.05, 0) is 30.7 Å². The zero-order valence-corrected chi connectivity index (χ0v) is 12.6. The van der Waals surface area contributed by atoms with Gasteiger partial charge in [-0.1, -0.05) is 18.7 Å². The van der Waals surface area contributed by atoms with Crippen LogP contribution in [0.15, 0.2) is 41.6 Å². The molecule has 6 nitrogen and oxygen atoms in total. The van der Waals surface area contributed by atoms with E-state index in [1.807, 2.05) is 13.0 Å². The molecular formula is C16H19NO5. The van der Waals surface area contributed by atoms with Gasteiger partial charge in [-0.3, -0.25) is 0 Å². The fraction of sp³-hybridized carbons (Fsp3) is 0.375. The van der Waals surface area contributed by atoms with E-state index in [1.165, 1.54) is 6.07 Å². The standard InChI is InChI=1S/C16H19NO5/c1-4-11(5-2)6-16(18)22-10(3)12-7-14-15(21-9-20-14)8-13(12)17-19/h4-5,7-8,10,16,18H,1,6,9H2,2-3H3/b11-5+. The van der Waals surface area contributed by atoms with Crippen LogP contribution in [-0.4, -0.2) is 18.2 Å². The summed E-state index contributed by atoms with van der Waals surface area (Å²) in [5, 5.41) is 13.0. The van der Waals surface area contributed by atoms with E-state index >= 15 is 0 Å². The zero-order chi connectivity index (χ0) is 16.1. The van der Waals surface area contributed by atoms with Gasteiger partial charge in [0.25, 0.3) is 0 Å². The van der Waals surface area contributed by atoms with Crippen LogP contribution in [0.3, 0.4) is 0 Å². The van der Waals surface area contributed by atoms with Crippen molar-refractivity contribution in [1.82, 2.24) is 0 Å². The van der Waals surface area contributed by atoms with Gasteiger partial charge in [-0.25, -0.2) is 0 Å². The van der Waals surface area contributed by atoms with Crippen LogP contribution in [0.5, 0.6) is 11.5 Å². The molecule has 0 amide bonds. The molecule has 118 valence electrons. The van der Waals surface area contributed by atoms with E-state index in [-0.39, 0.29) is 12.5 Å². The molecule has 0 aliphatic carbocycles. The summed E-state index contributed by atoms with van der Waals surface area (Å²) in [4.78, 5) is 11.0. The van der Waals surface area contributed by atoms with Gasteiger partial charge in [0, 0.05) is 18.1 Å². The molecule has 0 saturated carbocycles. The third-order valence-corrected chi connectivity index (χ3v) is 3.46. The Morgan fingerprint density at radius 2 is 2.18 bits per heavy atom. The molecule has 1 aliphatic heterocycles. The van der Waals surface area contributed by atoms with Crippen molar-refractivity contribution in [2.75, 3.05) is 6.79 Å². The summed E-state index contributed by atoms with van der Waals surface area (Å²) in [6.45, 7) is 7.37. The van der Waals surface area contributed by atoms with Crippen LogP contribution < -0.4 is 9.47 Å². The second kappa shape index (κ2) is 7.20. The van der Waals surface area contributed by atoms with Crippen LogP contribution >= 0.6 is 0 Å². The van der Waals surface area contributed by atoms with Crippen molar-refractivity contribution < 1.29 is 19.3 Å². The molecule has 0 spiro atoms. The highest BCUT2D eigenvalue weighted by molar-refractivity contribution is 5.58. The predicted octanol–water partition coefficient (Wildman–Crippen LogP) is 3.73. The third-order valence-electron chi connectivity index (χ3n) is 3.46. The maximum absolute atomic E-state index is 11.0. The number of hydrogen-bond donors (Lipinski definition) is 1. The molecule has 2 unspecified atom stereocenters. The van der Waals surface area contributed by atoms with Gasteiger partial charge in [0.15, 0.2) is 17.8 Å².